The molecule has 1 aliphatic carbocycles. The Morgan fingerprint density at radius 1 is 1.32 bits per heavy atom. The van der Waals surface area contributed by atoms with Crippen molar-refractivity contribution in [3.63, 3.8) is 0 Å². The van der Waals surface area contributed by atoms with E-state index in [1.807, 2.05) is 0 Å². The summed E-state index contributed by atoms with van der Waals surface area (Å²) in [5.74, 6) is -1.76. The quantitative estimate of drug-likeness (QED) is 0.310. The first-order valence-electron chi connectivity index (χ1n) is 9.46. The van der Waals surface area contributed by atoms with Crippen LogP contribution in [0.15, 0.2) is 30.3 Å². The monoisotopic (exact) mass is 427 g/mol. The van der Waals surface area contributed by atoms with Crippen LogP contribution in [0.3, 0.4) is 0 Å². The molecule has 0 aliphatic heterocycles. The lowest BCUT2D eigenvalue weighted by Crippen LogP contribution is -2.15. The number of aromatic nitrogens is 4. The van der Waals surface area contributed by atoms with E-state index in [1.165, 1.54) is 12.1 Å². The molecule has 2 heterocycles. The number of halogens is 1. The second-order valence-corrected chi connectivity index (χ2v) is 7.18. The molecule has 4 rings (SSSR count). The largest absolute Gasteiger partial charge is 0.476 e. The zero-order valence-corrected chi connectivity index (χ0v) is 16.3. The van der Waals surface area contributed by atoms with Gasteiger partial charge in [-0.1, -0.05) is 12.1 Å². The lowest BCUT2D eigenvalue weighted by atomic mass is 10.1. The van der Waals surface area contributed by atoms with Crippen LogP contribution in [0, 0.1) is 15.9 Å². The first kappa shape index (κ1) is 20.2. The first-order valence-corrected chi connectivity index (χ1v) is 9.46. The van der Waals surface area contributed by atoms with Crippen LogP contribution < -0.4 is 10.6 Å². The Labute approximate surface area is 174 Å². The highest BCUT2D eigenvalue weighted by Crippen LogP contribution is 2.40. The highest BCUT2D eigenvalue weighted by atomic mass is 19.1. The first-order chi connectivity index (χ1) is 14.8. The topological polar surface area (TPSA) is 159 Å². The summed E-state index contributed by atoms with van der Waals surface area (Å²) < 4.78 is 13.2. The van der Waals surface area contributed by atoms with E-state index in [-0.39, 0.29) is 17.6 Å². The van der Waals surface area contributed by atoms with Crippen molar-refractivity contribution in [3.05, 3.63) is 63.2 Å². The number of aromatic amines is 1. The second-order valence-electron chi connectivity index (χ2n) is 7.18. The molecular weight excluding hydrogens is 409 g/mol. The Hall–Kier alpha value is -4.09. The van der Waals surface area contributed by atoms with Crippen molar-refractivity contribution in [2.75, 3.05) is 10.6 Å². The van der Waals surface area contributed by atoms with Gasteiger partial charge in [0.1, 0.15) is 5.82 Å². The second kappa shape index (κ2) is 7.97. The Morgan fingerprint density at radius 3 is 2.65 bits per heavy atom. The third-order valence-corrected chi connectivity index (χ3v) is 4.85. The molecule has 0 radical (unpaired) electrons. The van der Waals surface area contributed by atoms with Gasteiger partial charge in [0.05, 0.1) is 11.0 Å². The van der Waals surface area contributed by atoms with Gasteiger partial charge in [-0.3, -0.25) is 15.2 Å². The van der Waals surface area contributed by atoms with Crippen LogP contribution in [0.1, 0.15) is 53.5 Å². The molecule has 1 aliphatic rings. The van der Waals surface area contributed by atoms with Crippen LogP contribution in [0.2, 0.25) is 0 Å². The molecule has 1 fully saturated rings. The van der Waals surface area contributed by atoms with Crippen LogP contribution in [-0.4, -0.2) is 36.2 Å². The van der Waals surface area contributed by atoms with E-state index in [1.54, 1.807) is 25.1 Å². The standard InChI is InChI=1S/C19H18FN7O4/c1-9(10-4-6-12(20)7-5-10)21-19-23-15(18(28)29)16(27(30)31)17(24-19)22-14-8-13(25-26-14)11-2-3-11/h4-9,11H,2-3H2,1H3,(H,28,29)(H3,21,22,23,24,25,26). The molecule has 0 bridgehead atoms. The van der Waals surface area contributed by atoms with Crippen molar-refractivity contribution in [1.29, 1.82) is 0 Å². The number of nitrogens with zero attached hydrogens (tertiary/aromatic N) is 4. The van der Waals surface area contributed by atoms with Crippen LogP contribution in [-0.2, 0) is 0 Å². The molecule has 1 unspecified atom stereocenters. The number of carbonyl (C=O) groups is 1. The Balaban J connectivity index is 1.68. The molecule has 160 valence electrons. The number of carboxylic acid groups (broad SMARTS) is 1. The maximum absolute atomic E-state index is 13.2. The minimum atomic E-state index is -1.57. The molecule has 3 aromatic rings. The number of benzene rings is 1. The highest BCUT2D eigenvalue weighted by molar-refractivity contribution is 5.93. The third kappa shape index (κ3) is 4.42. The predicted molar refractivity (Wildman–Crippen MR) is 108 cm³/mol. The molecule has 0 amide bonds. The molecule has 31 heavy (non-hydrogen) atoms. The minimum absolute atomic E-state index is 0.139. The average molecular weight is 427 g/mol. The van der Waals surface area contributed by atoms with Crippen molar-refractivity contribution >= 4 is 29.2 Å². The number of aromatic carboxylic acids is 1. The summed E-state index contributed by atoms with van der Waals surface area (Å²) >= 11 is 0. The van der Waals surface area contributed by atoms with Crippen molar-refractivity contribution in [3.8, 4) is 0 Å². The van der Waals surface area contributed by atoms with Gasteiger partial charge in [-0.15, -0.1) is 0 Å². The molecule has 12 heteroatoms. The van der Waals surface area contributed by atoms with E-state index in [2.05, 4.69) is 30.8 Å². The molecule has 4 N–H and O–H groups in total. The number of hydrogen-bond acceptors (Lipinski definition) is 8. The van der Waals surface area contributed by atoms with E-state index < -0.39 is 34.1 Å². The number of hydrogen-bond donors (Lipinski definition) is 4. The lowest BCUT2D eigenvalue weighted by Gasteiger charge is -2.15. The SMILES string of the molecule is CC(Nc1nc(Nc2cc(C3CC3)[nH]n2)c([N+](=O)[O-])c(C(=O)O)n1)c1ccc(F)cc1. The van der Waals surface area contributed by atoms with Gasteiger partial charge in [0.15, 0.2) is 5.82 Å². The number of anilines is 3. The minimum Gasteiger partial charge on any atom is -0.476 e. The normalized spacial score (nSPS) is 14.1. The van der Waals surface area contributed by atoms with Gasteiger partial charge in [0, 0.05) is 17.7 Å². The fourth-order valence-corrected chi connectivity index (χ4v) is 3.08. The number of rotatable bonds is 8. The van der Waals surface area contributed by atoms with Crippen LogP contribution in [0.5, 0.6) is 0 Å². The number of H-pyrrole nitrogens is 1. The van der Waals surface area contributed by atoms with Gasteiger partial charge >= 0.3 is 11.7 Å². The van der Waals surface area contributed by atoms with E-state index >= 15 is 0 Å². The Kier molecular flexibility index (Phi) is 5.19. The summed E-state index contributed by atoms with van der Waals surface area (Å²) in [4.78, 5) is 30.3. The van der Waals surface area contributed by atoms with Crippen molar-refractivity contribution in [2.45, 2.75) is 31.7 Å². The van der Waals surface area contributed by atoms with Crippen molar-refractivity contribution in [1.82, 2.24) is 20.2 Å². The zero-order valence-electron chi connectivity index (χ0n) is 16.3. The van der Waals surface area contributed by atoms with Gasteiger partial charge in [0.2, 0.25) is 17.5 Å². The van der Waals surface area contributed by atoms with Gasteiger partial charge in [-0.05, 0) is 37.5 Å². The Bertz CT molecular complexity index is 1140. The van der Waals surface area contributed by atoms with Crippen molar-refractivity contribution < 1.29 is 19.2 Å². The molecule has 1 saturated carbocycles. The third-order valence-electron chi connectivity index (χ3n) is 4.85. The molecule has 11 nitrogen and oxygen atoms in total. The van der Waals surface area contributed by atoms with Crippen LogP contribution in [0.25, 0.3) is 0 Å². The molecule has 1 atom stereocenters. The van der Waals surface area contributed by atoms with E-state index in [4.69, 9.17) is 0 Å². The average Bonchev–Trinajstić information content (AvgIpc) is 3.47. The summed E-state index contributed by atoms with van der Waals surface area (Å²) in [5, 5.41) is 33.6. The summed E-state index contributed by atoms with van der Waals surface area (Å²) in [5.41, 5.74) is 0.0368. The summed E-state index contributed by atoms with van der Waals surface area (Å²) in [6.07, 6.45) is 2.07. The highest BCUT2D eigenvalue weighted by Gasteiger charge is 2.31. The molecule has 0 spiro atoms. The number of nitro groups is 1. The fourth-order valence-electron chi connectivity index (χ4n) is 3.08. The molecular formula is C19H18FN7O4. The number of nitrogens with one attached hydrogen (secondary N) is 3. The number of carboxylic acids is 1. The van der Waals surface area contributed by atoms with Crippen LogP contribution >= 0.6 is 0 Å². The molecule has 1 aromatic carbocycles. The Morgan fingerprint density at radius 2 is 2.03 bits per heavy atom. The maximum Gasteiger partial charge on any atom is 0.362 e. The fraction of sp³-hybridized carbons (Fsp3) is 0.263. The van der Waals surface area contributed by atoms with Gasteiger partial charge in [-0.25, -0.2) is 9.18 Å². The smallest absolute Gasteiger partial charge is 0.362 e. The van der Waals surface area contributed by atoms with Gasteiger partial charge in [-0.2, -0.15) is 15.1 Å². The summed E-state index contributed by atoms with van der Waals surface area (Å²) in [6.45, 7) is 1.74. The summed E-state index contributed by atoms with van der Waals surface area (Å²) in [6, 6.07) is 6.96. The van der Waals surface area contributed by atoms with E-state index in [9.17, 15) is 24.4 Å². The van der Waals surface area contributed by atoms with Gasteiger partial charge in [0.25, 0.3) is 0 Å². The molecule has 0 saturated heterocycles. The van der Waals surface area contributed by atoms with Crippen molar-refractivity contribution in [2.24, 2.45) is 0 Å². The van der Waals surface area contributed by atoms with Gasteiger partial charge < -0.3 is 15.7 Å². The van der Waals surface area contributed by atoms with E-state index in [0.29, 0.717) is 11.5 Å². The maximum atomic E-state index is 13.2. The van der Waals surface area contributed by atoms with Crippen LogP contribution in [0.4, 0.5) is 27.7 Å². The lowest BCUT2D eigenvalue weighted by molar-refractivity contribution is -0.384. The summed E-state index contributed by atoms with van der Waals surface area (Å²) in [7, 11) is 0. The van der Waals surface area contributed by atoms with E-state index in [0.717, 1.165) is 18.5 Å². The predicted octanol–water partition coefficient (Wildman–Crippen LogP) is 3.74. The molecule has 2 aromatic heterocycles. The zero-order chi connectivity index (χ0) is 22.1.